The second kappa shape index (κ2) is 7.72. The molecular formula is C29H46. The van der Waals surface area contributed by atoms with Gasteiger partial charge in [0.05, 0.1) is 0 Å². The van der Waals surface area contributed by atoms with E-state index in [2.05, 4.69) is 72.8 Å². The summed E-state index contributed by atoms with van der Waals surface area (Å²) in [7, 11) is 0. The molecule has 0 saturated heterocycles. The molecule has 0 heteroatoms. The monoisotopic (exact) mass is 394 g/mol. The highest BCUT2D eigenvalue weighted by atomic mass is 14.6. The third kappa shape index (κ3) is 3.51. The van der Waals surface area contributed by atoms with Crippen molar-refractivity contribution in [2.75, 3.05) is 0 Å². The molecule has 0 aromatic heterocycles. The number of hydrogen-bond acceptors (Lipinski definition) is 0. The average molecular weight is 395 g/mol. The van der Waals surface area contributed by atoms with Crippen LogP contribution >= 0.6 is 0 Å². The molecule has 0 bridgehead atoms. The number of allylic oxidation sites excluding steroid dienone is 6. The zero-order valence-electron chi connectivity index (χ0n) is 20.3. The van der Waals surface area contributed by atoms with E-state index in [4.69, 9.17) is 0 Å². The van der Waals surface area contributed by atoms with Crippen LogP contribution in [0.5, 0.6) is 0 Å². The summed E-state index contributed by atoms with van der Waals surface area (Å²) in [6.45, 7) is 17.3. The molecule has 8 atom stereocenters. The van der Waals surface area contributed by atoms with Gasteiger partial charge < -0.3 is 0 Å². The van der Waals surface area contributed by atoms with E-state index in [1.54, 1.807) is 5.57 Å². The van der Waals surface area contributed by atoms with Crippen LogP contribution in [0.4, 0.5) is 0 Å². The van der Waals surface area contributed by atoms with Crippen LogP contribution in [-0.2, 0) is 0 Å². The van der Waals surface area contributed by atoms with Gasteiger partial charge in [0.1, 0.15) is 0 Å². The molecule has 3 unspecified atom stereocenters. The first kappa shape index (κ1) is 21.5. The molecule has 3 fully saturated rings. The number of fused-ring (bicyclic) bond motifs is 5. The summed E-state index contributed by atoms with van der Waals surface area (Å²) in [5.74, 6) is 5.55. The van der Waals surface area contributed by atoms with E-state index < -0.39 is 0 Å². The van der Waals surface area contributed by atoms with Gasteiger partial charge in [-0.1, -0.05) is 83.9 Å². The highest BCUT2D eigenvalue weighted by Gasteiger charge is 2.56. The molecule has 0 N–H and O–H groups in total. The van der Waals surface area contributed by atoms with Crippen LogP contribution in [-0.4, -0.2) is 0 Å². The van der Waals surface area contributed by atoms with Crippen molar-refractivity contribution < 1.29 is 0 Å². The molecule has 4 aliphatic rings. The summed E-state index contributed by atoms with van der Waals surface area (Å²) in [4.78, 5) is 0. The molecule has 0 amide bonds. The average Bonchev–Trinajstić information content (AvgIpc) is 3.03. The van der Waals surface area contributed by atoms with Crippen LogP contribution in [0.1, 0.15) is 93.4 Å². The van der Waals surface area contributed by atoms with Gasteiger partial charge in [-0.25, -0.2) is 0 Å². The van der Waals surface area contributed by atoms with E-state index in [9.17, 15) is 0 Å². The topological polar surface area (TPSA) is 0 Å². The molecule has 0 aromatic carbocycles. The largest absolute Gasteiger partial charge is 0.0852 e. The van der Waals surface area contributed by atoms with Crippen LogP contribution in [0.3, 0.4) is 0 Å². The van der Waals surface area contributed by atoms with Gasteiger partial charge in [-0.05, 0) is 97.2 Å². The highest BCUT2D eigenvalue weighted by Crippen LogP contribution is 2.66. The van der Waals surface area contributed by atoms with E-state index in [0.29, 0.717) is 22.7 Å². The summed E-state index contributed by atoms with van der Waals surface area (Å²) in [5, 5.41) is 0. The Kier molecular flexibility index (Phi) is 5.71. The van der Waals surface area contributed by atoms with Gasteiger partial charge in [-0.2, -0.15) is 0 Å². The highest BCUT2D eigenvalue weighted by molar-refractivity contribution is 5.38. The van der Waals surface area contributed by atoms with Crippen LogP contribution in [0.2, 0.25) is 0 Å². The molecule has 0 aliphatic heterocycles. The Bertz CT molecular complexity index is 706. The van der Waals surface area contributed by atoms with Gasteiger partial charge in [0, 0.05) is 0 Å². The maximum Gasteiger partial charge on any atom is -0.00474 e. The Morgan fingerprint density at radius 2 is 1.66 bits per heavy atom. The molecule has 0 spiro atoms. The van der Waals surface area contributed by atoms with Crippen LogP contribution < -0.4 is 0 Å². The van der Waals surface area contributed by atoms with E-state index in [1.807, 2.05) is 5.57 Å². The second-order valence-corrected chi connectivity index (χ2v) is 12.3. The van der Waals surface area contributed by atoms with Gasteiger partial charge in [-0.3, -0.25) is 0 Å². The van der Waals surface area contributed by atoms with Gasteiger partial charge in [-0.15, -0.1) is 0 Å². The standard InChI is InChI=1S/C29H46/c1-19(2)21(4)8-9-22(5)25-12-13-26-24-11-10-23-18-20(3)14-16-28(23,6)27(24)15-17-29(25,26)7/h8-11,19-22,25-27H,12-18H2,1-7H3/t20-,21?,22?,25?,26-,27-,28-,29+/m0/s1. The summed E-state index contributed by atoms with van der Waals surface area (Å²) in [6, 6.07) is 0. The molecule has 0 nitrogen and oxygen atoms in total. The molecule has 0 radical (unpaired) electrons. The van der Waals surface area contributed by atoms with Crippen LogP contribution in [0.15, 0.2) is 35.5 Å². The Hall–Kier alpha value is -0.780. The Labute approximate surface area is 181 Å². The lowest BCUT2D eigenvalue weighted by atomic mass is 9.49. The minimum absolute atomic E-state index is 0.466. The maximum absolute atomic E-state index is 2.66. The van der Waals surface area contributed by atoms with Crippen molar-refractivity contribution in [3.05, 3.63) is 35.5 Å². The molecule has 3 saturated carbocycles. The van der Waals surface area contributed by atoms with Crippen molar-refractivity contribution in [3.8, 4) is 0 Å². The molecular weight excluding hydrogens is 348 g/mol. The van der Waals surface area contributed by atoms with Gasteiger partial charge in [0.15, 0.2) is 0 Å². The molecule has 29 heavy (non-hydrogen) atoms. The van der Waals surface area contributed by atoms with Crippen molar-refractivity contribution >= 4 is 0 Å². The second-order valence-electron chi connectivity index (χ2n) is 12.3. The summed E-state index contributed by atoms with van der Waals surface area (Å²) in [6.07, 6.45) is 20.2. The third-order valence-corrected chi connectivity index (χ3v) is 10.3. The smallest absolute Gasteiger partial charge is 0.00474 e. The summed E-state index contributed by atoms with van der Waals surface area (Å²) < 4.78 is 0. The lowest BCUT2D eigenvalue weighted by Crippen LogP contribution is -2.45. The molecule has 4 rings (SSSR count). The van der Waals surface area contributed by atoms with Crippen LogP contribution in [0, 0.1) is 52.3 Å². The normalized spacial score (nSPS) is 44.0. The number of hydrogen-bond donors (Lipinski definition) is 0. The Morgan fingerprint density at radius 3 is 2.38 bits per heavy atom. The first-order valence-electron chi connectivity index (χ1n) is 12.8. The van der Waals surface area contributed by atoms with Gasteiger partial charge in [0.25, 0.3) is 0 Å². The predicted molar refractivity (Wildman–Crippen MR) is 127 cm³/mol. The van der Waals surface area contributed by atoms with Gasteiger partial charge in [0.2, 0.25) is 0 Å². The minimum atomic E-state index is 0.466. The van der Waals surface area contributed by atoms with Crippen molar-refractivity contribution in [2.45, 2.75) is 93.4 Å². The quantitative estimate of drug-likeness (QED) is 0.419. The van der Waals surface area contributed by atoms with E-state index >= 15 is 0 Å². The van der Waals surface area contributed by atoms with Crippen molar-refractivity contribution in [3.63, 3.8) is 0 Å². The lowest BCUT2D eigenvalue weighted by molar-refractivity contribution is 0.0539. The van der Waals surface area contributed by atoms with Crippen molar-refractivity contribution in [2.24, 2.45) is 52.3 Å². The van der Waals surface area contributed by atoms with Crippen molar-refractivity contribution in [1.82, 2.24) is 0 Å². The lowest BCUT2D eigenvalue weighted by Gasteiger charge is -2.55. The fourth-order valence-electron chi connectivity index (χ4n) is 7.80. The zero-order valence-corrected chi connectivity index (χ0v) is 20.3. The fourth-order valence-corrected chi connectivity index (χ4v) is 7.80. The fraction of sp³-hybridized carbons (Fsp3) is 0.793. The molecule has 4 aliphatic carbocycles. The predicted octanol–water partition coefficient (Wildman–Crippen LogP) is 8.61. The SMILES string of the molecule is CC(C)C(C)C=CC(C)C1CC[C@H]2C3=CC=C4C[C@@H](C)CC[C@]4(C)[C@H]3CC[C@]12C. The molecule has 0 aromatic rings. The van der Waals surface area contributed by atoms with E-state index in [0.717, 1.165) is 29.6 Å². The van der Waals surface area contributed by atoms with E-state index in [-0.39, 0.29) is 0 Å². The van der Waals surface area contributed by atoms with Crippen LogP contribution in [0.25, 0.3) is 0 Å². The summed E-state index contributed by atoms with van der Waals surface area (Å²) in [5.41, 5.74) is 4.61. The summed E-state index contributed by atoms with van der Waals surface area (Å²) >= 11 is 0. The molecule has 162 valence electrons. The minimum Gasteiger partial charge on any atom is -0.0852 e. The van der Waals surface area contributed by atoms with E-state index in [1.165, 1.54) is 44.9 Å². The zero-order chi connectivity index (χ0) is 21.0. The van der Waals surface area contributed by atoms with Crippen molar-refractivity contribution in [1.29, 1.82) is 0 Å². The maximum atomic E-state index is 2.66. The molecule has 0 heterocycles. The first-order valence-corrected chi connectivity index (χ1v) is 12.8. The van der Waals surface area contributed by atoms with Gasteiger partial charge >= 0.3 is 0 Å². The Morgan fingerprint density at radius 1 is 0.897 bits per heavy atom. The number of rotatable bonds is 4. The third-order valence-electron chi connectivity index (χ3n) is 10.3. The Balaban J connectivity index is 1.57. The first-order chi connectivity index (χ1) is 13.7.